The first kappa shape index (κ1) is 10.6. The number of benzene rings is 1. The van der Waals surface area contributed by atoms with Crippen molar-refractivity contribution in [3.05, 3.63) is 47.4 Å². The second-order valence-corrected chi connectivity index (χ2v) is 3.70. The molecule has 0 unspecified atom stereocenters. The van der Waals surface area contributed by atoms with E-state index in [1.54, 1.807) is 6.07 Å². The molecule has 1 aromatic carbocycles. The number of rotatable bonds is 3. The Bertz CT molecular complexity index is 486. The van der Waals surface area contributed by atoms with Crippen LogP contribution in [0.1, 0.15) is 17.1 Å². The Morgan fingerprint density at radius 1 is 1.25 bits per heavy atom. The summed E-state index contributed by atoms with van der Waals surface area (Å²) >= 11 is 0. The molecule has 0 bridgehead atoms. The van der Waals surface area contributed by atoms with E-state index in [2.05, 4.69) is 0 Å². The van der Waals surface area contributed by atoms with Crippen molar-refractivity contribution in [2.24, 2.45) is 0 Å². The second kappa shape index (κ2) is 4.31. The molecule has 0 saturated heterocycles. The lowest BCUT2D eigenvalue weighted by Crippen LogP contribution is -1.89. The third-order valence-electron chi connectivity index (χ3n) is 2.42. The summed E-state index contributed by atoms with van der Waals surface area (Å²) in [6.07, 6.45) is 0.699. The maximum Gasteiger partial charge on any atom is 0.160 e. The Hall–Kier alpha value is -1.90. The highest BCUT2D eigenvalue weighted by Crippen LogP contribution is 2.27. The largest absolute Gasteiger partial charge is 0.504 e. The average Bonchev–Trinajstić information content (AvgIpc) is 2.67. The molecule has 0 aliphatic heterocycles. The summed E-state index contributed by atoms with van der Waals surface area (Å²) in [6, 6.07) is 9.19. The molecule has 0 aliphatic carbocycles. The van der Waals surface area contributed by atoms with Crippen molar-refractivity contribution in [3.8, 4) is 11.5 Å². The SMILES string of the molecule is COc1cc(Cc2ccc(C)o2)ccc1O. The van der Waals surface area contributed by atoms with Crippen molar-refractivity contribution in [1.82, 2.24) is 0 Å². The molecular weight excluding hydrogens is 204 g/mol. The van der Waals surface area contributed by atoms with Crippen LogP contribution < -0.4 is 4.74 Å². The fourth-order valence-corrected chi connectivity index (χ4v) is 1.61. The lowest BCUT2D eigenvalue weighted by molar-refractivity contribution is 0.373. The molecule has 3 nitrogen and oxygen atoms in total. The van der Waals surface area contributed by atoms with Gasteiger partial charge in [0.25, 0.3) is 0 Å². The fraction of sp³-hybridized carbons (Fsp3) is 0.231. The molecule has 2 aromatic rings. The smallest absolute Gasteiger partial charge is 0.160 e. The van der Waals surface area contributed by atoms with Crippen molar-refractivity contribution in [2.45, 2.75) is 13.3 Å². The first-order valence-electron chi connectivity index (χ1n) is 5.10. The molecule has 0 amide bonds. The van der Waals surface area contributed by atoms with Crippen molar-refractivity contribution < 1.29 is 14.3 Å². The lowest BCUT2D eigenvalue weighted by atomic mass is 10.1. The number of aromatic hydroxyl groups is 1. The summed E-state index contributed by atoms with van der Waals surface area (Å²) < 4.78 is 10.5. The first-order chi connectivity index (χ1) is 7.69. The summed E-state index contributed by atoms with van der Waals surface area (Å²) in [6.45, 7) is 1.92. The second-order valence-electron chi connectivity index (χ2n) is 3.70. The van der Waals surface area contributed by atoms with E-state index < -0.39 is 0 Å². The Balaban J connectivity index is 2.21. The summed E-state index contributed by atoms with van der Waals surface area (Å²) in [5, 5.41) is 9.46. The molecule has 0 radical (unpaired) electrons. The maximum atomic E-state index is 9.46. The minimum absolute atomic E-state index is 0.155. The number of phenolic OH excluding ortho intramolecular Hbond substituents is 1. The molecule has 3 heteroatoms. The zero-order valence-corrected chi connectivity index (χ0v) is 9.36. The minimum atomic E-state index is 0.155. The Kier molecular flexibility index (Phi) is 2.86. The first-order valence-corrected chi connectivity index (χ1v) is 5.10. The van der Waals surface area contributed by atoms with E-state index in [-0.39, 0.29) is 5.75 Å². The summed E-state index contributed by atoms with van der Waals surface area (Å²) in [7, 11) is 1.54. The van der Waals surface area contributed by atoms with Crippen LogP contribution in [0.4, 0.5) is 0 Å². The molecule has 0 fully saturated rings. The Labute approximate surface area is 94.3 Å². The normalized spacial score (nSPS) is 10.4. The number of furan rings is 1. The zero-order valence-electron chi connectivity index (χ0n) is 9.36. The van der Waals surface area contributed by atoms with Crippen LogP contribution in [0.15, 0.2) is 34.7 Å². The van der Waals surface area contributed by atoms with Crippen molar-refractivity contribution in [2.75, 3.05) is 7.11 Å². The molecule has 0 aliphatic rings. The van der Waals surface area contributed by atoms with Gasteiger partial charge in [-0.05, 0) is 36.8 Å². The van der Waals surface area contributed by atoms with Crippen LogP contribution in [-0.2, 0) is 6.42 Å². The molecule has 1 heterocycles. The van der Waals surface area contributed by atoms with E-state index in [0.717, 1.165) is 17.1 Å². The average molecular weight is 218 g/mol. The van der Waals surface area contributed by atoms with E-state index in [4.69, 9.17) is 9.15 Å². The Morgan fingerprint density at radius 2 is 2.06 bits per heavy atom. The number of hydrogen-bond donors (Lipinski definition) is 1. The number of aryl methyl sites for hydroxylation is 1. The van der Waals surface area contributed by atoms with Gasteiger partial charge in [-0.25, -0.2) is 0 Å². The predicted molar refractivity (Wildman–Crippen MR) is 60.9 cm³/mol. The van der Waals surface area contributed by atoms with Crippen molar-refractivity contribution in [3.63, 3.8) is 0 Å². The van der Waals surface area contributed by atoms with Crippen molar-refractivity contribution >= 4 is 0 Å². The Morgan fingerprint density at radius 3 is 2.69 bits per heavy atom. The van der Waals surface area contributed by atoms with E-state index >= 15 is 0 Å². The van der Waals surface area contributed by atoms with E-state index in [1.165, 1.54) is 7.11 Å². The highest BCUT2D eigenvalue weighted by atomic mass is 16.5. The van der Waals surface area contributed by atoms with Crippen LogP contribution in [-0.4, -0.2) is 12.2 Å². The van der Waals surface area contributed by atoms with Gasteiger partial charge in [-0.3, -0.25) is 0 Å². The van der Waals surface area contributed by atoms with Gasteiger partial charge < -0.3 is 14.3 Å². The summed E-state index contributed by atoms with van der Waals surface area (Å²) in [4.78, 5) is 0. The molecule has 0 atom stereocenters. The van der Waals surface area contributed by atoms with Crippen molar-refractivity contribution in [1.29, 1.82) is 0 Å². The molecular formula is C13H14O3. The van der Waals surface area contributed by atoms with Gasteiger partial charge >= 0.3 is 0 Å². The maximum absolute atomic E-state index is 9.46. The van der Waals surface area contributed by atoms with Crippen LogP contribution in [0, 0.1) is 6.92 Å². The van der Waals surface area contributed by atoms with Gasteiger partial charge in [0, 0.05) is 6.42 Å². The highest BCUT2D eigenvalue weighted by Gasteiger charge is 2.05. The van der Waals surface area contributed by atoms with E-state index in [1.807, 2.05) is 31.2 Å². The summed E-state index contributed by atoms with van der Waals surface area (Å²) in [5.41, 5.74) is 1.05. The van der Waals surface area contributed by atoms with Gasteiger partial charge in [0.2, 0.25) is 0 Å². The van der Waals surface area contributed by atoms with Crippen LogP contribution in [0.5, 0.6) is 11.5 Å². The van der Waals surface area contributed by atoms with E-state index in [0.29, 0.717) is 12.2 Å². The van der Waals surface area contributed by atoms with Gasteiger partial charge in [0.05, 0.1) is 7.11 Å². The highest BCUT2D eigenvalue weighted by molar-refractivity contribution is 5.42. The van der Waals surface area contributed by atoms with Gasteiger partial charge in [0.1, 0.15) is 11.5 Å². The molecule has 0 saturated carbocycles. The van der Waals surface area contributed by atoms with Gasteiger partial charge in [-0.2, -0.15) is 0 Å². The quantitative estimate of drug-likeness (QED) is 0.861. The molecule has 2 rings (SSSR count). The number of phenols is 1. The van der Waals surface area contributed by atoms with Gasteiger partial charge in [-0.15, -0.1) is 0 Å². The molecule has 84 valence electrons. The minimum Gasteiger partial charge on any atom is -0.504 e. The fourth-order valence-electron chi connectivity index (χ4n) is 1.61. The van der Waals surface area contributed by atoms with Crippen LogP contribution in [0.3, 0.4) is 0 Å². The third-order valence-corrected chi connectivity index (χ3v) is 2.42. The molecule has 1 N–H and O–H groups in total. The molecule has 0 spiro atoms. The lowest BCUT2D eigenvalue weighted by Gasteiger charge is -2.05. The zero-order chi connectivity index (χ0) is 11.5. The van der Waals surface area contributed by atoms with Gasteiger partial charge in [-0.1, -0.05) is 6.07 Å². The standard InChI is InChI=1S/C13H14O3/c1-9-3-5-11(16-9)7-10-4-6-12(14)13(8-10)15-2/h3-6,8,14H,7H2,1-2H3. The number of hydrogen-bond acceptors (Lipinski definition) is 3. The van der Waals surface area contributed by atoms with E-state index in [9.17, 15) is 5.11 Å². The molecule has 1 aromatic heterocycles. The third kappa shape index (κ3) is 2.19. The predicted octanol–water partition coefficient (Wildman–Crippen LogP) is 2.89. The summed E-state index contributed by atoms with van der Waals surface area (Å²) in [5.74, 6) is 2.45. The van der Waals surface area contributed by atoms with Crippen LogP contribution in [0.25, 0.3) is 0 Å². The topological polar surface area (TPSA) is 42.6 Å². The van der Waals surface area contributed by atoms with Crippen LogP contribution >= 0.6 is 0 Å². The number of ether oxygens (including phenoxy) is 1. The number of methoxy groups -OCH3 is 1. The monoisotopic (exact) mass is 218 g/mol. The van der Waals surface area contributed by atoms with Crippen LogP contribution in [0.2, 0.25) is 0 Å². The van der Waals surface area contributed by atoms with Gasteiger partial charge in [0.15, 0.2) is 11.5 Å². The molecule has 16 heavy (non-hydrogen) atoms.